The fraction of sp³-hybridized carbons (Fsp3) is 0.111. The summed E-state index contributed by atoms with van der Waals surface area (Å²) in [6, 6.07) is 7.16. The lowest BCUT2D eigenvalue weighted by molar-refractivity contribution is 0.0976. The van der Waals surface area contributed by atoms with Crippen LogP contribution in [0.2, 0.25) is 0 Å². The Hall–Kier alpha value is -3.20. The Bertz CT molecular complexity index is 1130. The molecule has 0 unspecified atom stereocenters. The Morgan fingerprint density at radius 2 is 2.11 bits per heavy atom. The summed E-state index contributed by atoms with van der Waals surface area (Å²) < 4.78 is 29.4. The first-order chi connectivity index (χ1) is 13.0. The Kier molecular flexibility index (Phi) is 4.36. The predicted octanol–water partition coefficient (Wildman–Crippen LogP) is 3.55. The molecule has 0 radical (unpaired) electrons. The van der Waals surface area contributed by atoms with Crippen molar-refractivity contribution in [3.63, 3.8) is 0 Å². The number of carbonyl (C=O) groups is 1. The summed E-state index contributed by atoms with van der Waals surface area (Å²) in [5, 5.41) is 4.29. The van der Waals surface area contributed by atoms with Gasteiger partial charge in [-0.25, -0.2) is 13.8 Å². The lowest BCUT2D eigenvalue weighted by Crippen LogP contribution is -2.31. The number of carbonyl (C=O) groups excluding carboxylic acids is 1. The normalized spacial score (nSPS) is 11.1. The van der Waals surface area contributed by atoms with E-state index in [-0.39, 0.29) is 23.1 Å². The molecule has 0 aliphatic carbocycles. The Morgan fingerprint density at radius 3 is 2.81 bits per heavy atom. The van der Waals surface area contributed by atoms with Gasteiger partial charge in [-0.1, -0.05) is 17.4 Å². The standard InChI is InChI=1S/C18H13F2N5OS/c1-24-14(4-6-22-24)17(26)25(10-11-3-2-5-21-9-11)18-23-16-13(20)7-12(19)8-15(16)27-18/h2-9H,10H2,1H3. The van der Waals surface area contributed by atoms with Gasteiger partial charge in [0.1, 0.15) is 17.0 Å². The Labute approximate surface area is 156 Å². The third kappa shape index (κ3) is 3.28. The number of rotatable bonds is 4. The zero-order valence-electron chi connectivity index (χ0n) is 14.1. The minimum absolute atomic E-state index is 0.0328. The van der Waals surface area contributed by atoms with Gasteiger partial charge in [0.2, 0.25) is 0 Å². The summed E-state index contributed by atoms with van der Waals surface area (Å²) in [6.45, 7) is 0.182. The maximum Gasteiger partial charge on any atom is 0.278 e. The van der Waals surface area contributed by atoms with Crippen molar-refractivity contribution in [3.8, 4) is 0 Å². The first-order valence-electron chi connectivity index (χ1n) is 7.97. The van der Waals surface area contributed by atoms with E-state index in [2.05, 4.69) is 15.1 Å². The predicted molar refractivity (Wildman–Crippen MR) is 97.5 cm³/mol. The fourth-order valence-electron chi connectivity index (χ4n) is 2.68. The molecule has 0 fully saturated rings. The van der Waals surface area contributed by atoms with Crippen LogP contribution >= 0.6 is 11.3 Å². The number of hydrogen-bond donors (Lipinski definition) is 0. The molecule has 0 aliphatic heterocycles. The molecule has 1 amide bonds. The molecule has 27 heavy (non-hydrogen) atoms. The highest BCUT2D eigenvalue weighted by Gasteiger charge is 2.25. The smallest absolute Gasteiger partial charge is 0.278 e. The quantitative estimate of drug-likeness (QED) is 0.539. The molecule has 4 aromatic rings. The maximum atomic E-state index is 14.1. The lowest BCUT2D eigenvalue weighted by atomic mass is 10.2. The van der Waals surface area contributed by atoms with E-state index < -0.39 is 11.6 Å². The van der Waals surface area contributed by atoms with Crippen molar-refractivity contribution in [1.82, 2.24) is 19.7 Å². The largest absolute Gasteiger partial charge is 0.278 e. The molecular formula is C18H13F2N5OS. The number of halogens is 2. The summed E-state index contributed by atoms with van der Waals surface area (Å²) in [5.41, 5.74) is 1.16. The van der Waals surface area contributed by atoms with Crippen LogP contribution in [0, 0.1) is 11.6 Å². The molecule has 0 saturated carbocycles. The van der Waals surface area contributed by atoms with Crippen molar-refractivity contribution < 1.29 is 13.6 Å². The SMILES string of the molecule is Cn1nccc1C(=O)N(Cc1cccnc1)c1nc2c(F)cc(F)cc2s1. The van der Waals surface area contributed by atoms with Gasteiger partial charge in [0.15, 0.2) is 10.9 Å². The summed E-state index contributed by atoms with van der Waals surface area (Å²) in [4.78, 5) is 22.8. The summed E-state index contributed by atoms with van der Waals surface area (Å²) in [6.07, 6.45) is 4.78. The molecule has 0 bridgehead atoms. The second-order valence-electron chi connectivity index (χ2n) is 5.82. The van der Waals surface area contributed by atoms with Gasteiger partial charge in [0.05, 0.1) is 11.2 Å². The molecule has 3 heterocycles. The molecule has 1 aromatic carbocycles. The molecular weight excluding hydrogens is 372 g/mol. The molecule has 0 atom stereocenters. The second-order valence-corrected chi connectivity index (χ2v) is 6.83. The van der Waals surface area contributed by atoms with Crippen molar-refractivity contribution in [2.24, 2.45) is 7.05 Å². The van der Waals surface area contributed by atoms with Gasteiger partial charge in [-0.3, -0.25) is 19.4 Å². The molecule has 6 nitrogen and oxygen atoms in total. The number of thiazole rings is 1. The van der Waals surface area contributed by atoms with E-state index in [1.54, 1.807) is 31.6 Å². The molecule has 0 aliphatic rings. The van der Waals surface area contributed by atoms with E-state index >= 15 is 0 Å². The van der Waals surface area contributed by atoms with Gasteiger partial charge in [-0.05, 0) is 23.8 Å². The van der Waals surface area contributed by atoms with E-state index in [1.165, 1.54) is 21.8 Å². The summed E-state index contributed by atoms with van der Waals surface area (Å²) in [5.74, 6) is -1.80. The number of fused-ring (bicyclic) bond motifs is 1. The van der Waals surface area contributed by atoms with E-state index in [0.29, 0.717) is 10.4 Å². The van der Waals surface area contributed by atoms with E-state index in [9.17, 15) is 13.6 Å². The average Bonchev–Trinajstić information content (AvgIpc) is 3.26. The first kappa shape index (κ1) is 17.2. The van der Waals surface area contributed by atoms with Crippen LogP contribution in [0.5, 0.6) is 0 Å². The van der Waals surface area contributed by atoms with Gasteiger partial charge < -0.3 is 0 Å². The molecule has 0 N–H and O–H groups in total. The number of pyridine rings is 1. The number of nitrogens with zero attached hydrogens (tertiary/aromatic N) is 5. The highest BCUT2D eigenvalue weighted by atomic mass is 32.1. The van der Waals surface area contributed by atoms with Gasteiger partial charge in [-0.2, -0.15) is 5.10 Å². The van der Waals surface area contributed by atoms with Crippen LogP contribution < -0.4 is 4.90 Å². The Balaban J connectivity index is 1.81. The van der Waals surface area contributed by atoms with Gasteiger partial charge in [-0.15, -0.1) is 0 Å². The van der Waals surface area contributed by atoms with Crippen molar-refractivity contribution >= 4 is 32.6 Å². The lowest BCUT2D eigenvalue weighted by Gasteiger charge is -2.19. The van der Waals surface area contributed by atoms with Gasteiger partial charge >= 0.3 is 0 Å². The summed E-state index contributed by atoms with van der Waals surface area (Å²) in [7, 11) is 1.66. The average molecular weight is 385 g/mol. The van der Waals surface area contributed by atoms with Crippen molar-refractivity contribution in [2.75, 3.05) is 4.90 Å². The van der Waals surface area contributed by atoms with Crippen molar-refractivity contribution in [3.05, 3.63) is 71.8 Å². The number of benzene rings is 1. The minimum Gasteiger partial charge on any atom is -0.278 e. The third-order valence-corrected chi connectivity index (χ3v) is 5.01. The van der Waals surface area contributed by atoms with Crippen LogP contribution in [-0.4, -0.2) is 25.7 Å². The number of anilines is 1. The fourth-order valence-corrected chi connectivity index (χ4v) is 3.69. The number of amides is 1. The van der Waals surface area contributed by atoms with Crippen LogP contribution in [0.3, 0.4) is 0 Å². The van der Waals surface area contributed by atoms with Crippen LogP contribution in [-0.2, 0) is 13.6 Å². The first-order valence-corrected chi connectivity index (χ1v) is 8.79. The monoisotopic (exact) mass is 385 g/mol. The maximum absolute atomic E-state index is 14.1. The number of hydrogen-bond acceptors (Lipinski definition) is 5. The zero-order chi connectivity index (χ0) is 19.0. The zero-order valence-corrected chi connectivity index (χ0v) is 15.0. The molecule has 0 saturated heterocycles. The second kappa shape index (κ2) is 6.84. The van der Waals surface area contributed by atoms with Crippen LogP contribution in [0.1, 0.15) is 16.1 Å². The van der Waals surface area contributed by atoms with Gasteiger partial charge in [0, 0.05) is 31.7 Å². The highest BCUT2D eigenvalue weighted by Crippen LogP contribution is 2.32. The molecule has 4 rings (SSSR count). The topological polar surface area (TPSA) is 63.9 Å². The highest BCUT2D eigenvalue weighted by molar-refractivity contribution is 7.22. The van der Waals surface area contributed by atoms with Crippen LogP contribution in [0.15, 0.2) is 48.9 Å². The van der Waals surface area contributed by atoms with Gasteiger partial charge in [0.25, 0.3) is 5.91 Å². The molecule has 136 valence electrons. The summed E-state index contributed by atoms with van der Waals surface area (Å²) >= 11 is 1.05. The van der Waals surface area contributed by atoms with Crippen LogP contribution in [0.4, 0.5) is 13.9 Å². The van der Waals surface area contributed by atoms with E-state index in [1.807, 2.05) is 6.07 Å². The molecule has 3 aromatic heterocycles. The van der Waals surface area contributed by atoms with Crippen LogP contribution in [0.25, 0.3) is 10.2 Å². The van der Waals surface area contributed by atoms with Crippen molar-refractivity contribution in [2.45, 2.75) is 6.54 Å². The number of aromatic nitrogens is 4. The molecule has 0 spiro atoms. The minimum atomic E-state index is -0.762. The third-order valence-electron chi connectivity index (χ3n) is 3.98. The van der Waals surface area contributed by atoms with Crippen molar-refractivity contribution in [1.29, 1.82) is 0 Å². The van der Waals surface area contributed by atoms with E-state index in [0.717, 1.165) is 23.0 Å². The Morgan fingerprint density at radius 1 is 1.26 bits per heavy atom. The van der Waals surface area contributed by atoms with E-state index in [4.69, 9.17) is 0 Å². The number of aryl methyl sites for hydroxylation is 1. The molecule has 9 heteroatoms.